The van der Waals surface area contributed by atoms with Crippen molar-refractivity contribution in [2.75, 3.05) is 0 Å². The zero-order valence-corrected chi connectivity index (χ0v) is 22.7. The van der Waals surface area contributed by atoms with E-state index in [2.05, 4.69) is 0 Å². The molecule has 0 unspecified atom stereocenters. The van der Waals surface area contributed by atoms with Crippen molar-refractivity contribution in [2.24, 2.45) is 0 Å². The Balaban J connectivity index is 0. The van der Waals surface area contributed by atoms with Crippen LogP contribution in [0.4, 0.5) is 4.70 Å². The molecule has 10 heavy (non-hydrogen) atoms. The minimum Gasteiger partial charge on any atom is -1.00 e. The standard InChI is InChI=1S/Ba.4ClH.FH.K.Mg.2Na.7H/h;5*1H;;;;;;;;;;;/q+2;;;;;;+1;+2;2*+1;7*-1. The van der Waals surface area contributed by atoms with Gasteiger partial charge in [0.1, 0.15) is 0 Å². The van der Waals surface area contributed by atoms with Crippen molar-refractivity contribution in [1.82, 2.24) is 0 Å². The van der Waals surface area contributed by atoms with Crippen LogP contribution in [0.3, 0.4) is 0 Å². The summed E-state index contributed by atoms with van der Waals surface area (Å²) in [6.07, 6.45) is 0. The van der Waals surface area contributed by atoms with Crippen LogP contribution < -0.4 is 110 Å². The van der Waals surface area contributed by atoms with Gasteiger partial charge in [-0.05, 0) is 0 Å². The molecule has 0 atom stereocenters. The molecule has 0 aliphatic carbocycles. The zero-order valence-electron chi connectivity index (χ0n) is 13.5. The molecule has 0 aromatic rings. The van der Waals surface area contributed by atoms with Crippen LogP contribution in [0, 0.1) is 0 Å². The molecule has 0 amide bonds. The Labute approximate surface area is 240 Å². The topological polar surface area (TPSA) is 0 Å². The van der Waals surface area contributed by atoms with Crippen molar-refractivity contribution in [2.45, 2.75) is 0 Å². The van der Waals surface area contributed by atoms with Gasteiger partial charge < -0.3 is 9.99 Å². The molecule has 0 nitrogen and oxygen atoms in total. The molecule has 0 rings (SSSR count). The maximum atomic E-state index is 0. The van der Waals surface area contributed by atoms with Crippen molar-refractivity contribution in [3.63, 3.8) is 0 Å². The number of hydrogen-bond acceptors (Lipinski definition) is 0. The summed E-state index contributed by atoms with van der Waals surface area (Å²) in [4.78, 5) is 0. The molecule has 0 aliphatic heterocycles. The molecular formula is H12BaCl4FKMgNa2. The molecule has 0 fully saturated rings. The summed E-state index contributed by atoms with van der Waals surface area (Å²) in [5.74, 6) is 0. The first-order valence-electron chi connectivity index (χ1n) is 0. The fourth-order valence-electron chi connectivity index (χ4n) is 0. The van der Waals surface area contributed by atoms with Crippen LogP contribution in [0.25, 0.3) is 0 Å². The summed E-state index contributed by atoms with van der Waals surface area (Å²) >= 11 is 0. The van der Waals surface area contributed by atoms with E-state index in [-0.39, 0.29) is 247 Å². The second kappa shape index (κ2) is 73.1. The Morgan fingerprint density at radius 1 is 0.700 bits per heavy atom. The Morgan fingerprint density at radius 2 is 0.700 bits per heavy atom. The van der Waals surface area contributed by atoms with Crippen LogP contribution in [-0.4, -0.2) is 71.9 Å². The SMILES string of the molecule is Cl.Cl.Cl.Cl.F.[Ba+2].[H-].[H-].[H-].[H-].[H-].[H-].[H-].[K+].[Mg+2].[Na+].[Na+]. The molecule has 0 saturated heterocycles. The summed E-state index contributed by atoms with van der Waals surface area (Å²) in [5, 5.41) is 0. The molecule has 54 valence electrons. The van der Waals surface area contributed by atoms with Gasteiger partial charge in [0.25, 0.3) is 0 Å². The minimum absolute atomic E-state index is 0. The van der Waals surface area contributed by atoms with Crippen molar-refractivity contribution in [3.05, 3.63) is 0 Å². The molecule has 0 N–H and O–H groups in total. The van der Waals surface area contributed by atoms with Gasteiger partial charge in [-0.15, -0.1) is 49.6 Å². The Hall–Kier alpha value is 7.06. The fourth-order valence-corrected chi connectivity index (χ4v) is 0. The maximum Gasteiger partial charge on any atom is 2.00 e. The van der Waals surface area contributed by atoms with Gasteiger partial charge in [-0.25, -0.2) is 0 Å². The van der Waals surface area contributed by atoms with Crippen molar-refractivity contribution < 1.29 is 125 Å². The Morgan fingerprint density at radius 3 is 0.700 bits per heavy atom. The van der Waals surface area contributed by atoms with Crippen LogP contribution in [0.5, 0.6) is 0 Å². The number of halogens is 5. The Bertz CT molecular complexity index is 39.8. The molecule has 0 heterocycles. The van der Waals surface area contributed by atoms with Crippen molar-refractivity contribution >= 4 is 122 Å². The van der Waals surface area contributed by atoms with Gasteiger partial charge in [-0.2, -0.15) is 0 Å². The van der Waals surface area contributed by atoms with Crippen molar-refractivity contribution in [1.29, 1.82) is 0 Å². The van der Waals surface area contributed by atoms with E-state index in [0.717, 1.165) is 0 Å². The molecule has 0 aromatic heterocycles. The molecule has 0 spiro atoms. The van der Waals surface area contributed by atoms with E-state index in [1.165, 1.54) is 0 Å². The summed E-state index contributed by atoms with van der Waals surface area (Å²) in [6, 6.07) is 0. The third kappa shape index (κ3) is 59.7. The average molecular weight is 420 g/mol. The first-order chi connectivity index (χ1) is 0. The predicted molar refractivity (Wildman–Crippen MR) is 50.8 cm³/mol. The van der Waals surface area contributed by atoms with Crippen LogP contribution >= 0.6 is 49.6 Å². The van der Waals surface area contributed by atoms with Gasteiger partial charge in [0.05, 0.1) is 0 Å². The molecule has 0 radical (unpaired) electrons. The number of hydrogen-bond donors (Lipinski definition) is 0. The molecule has 0 saturated carbocycles. The van der Waals surface area contributed by atoms with E-state index in [1.807, 2.05) is 0 Å². The quantitative estimate of drug-likeness (QED) is 0.343. The van der Waals surface area contributed by atoms with Gasteiger partial charge in [0.2, 0.25) is 0 Å². The molecular weight excluding hydrogens is 408 g/mol. The smallest absolute Gasteiger partial charge is 1.00 e. The monoisotopic (exact) mass is 418 g/mol. The minimum atomic E-state index is 0. The largest absolute Gasteiger partial charge is 2.00 e. The first kappa shape index (κ1) is 88.2. The number of rotatable bonds is 0. The molecule has 10 heteroatoms. The average Bonchev–Trinajstić information content (AvgIpc) is 0. The van der Waals surface area contributed by atoms with Crippen LogP contribution in [0.15, 0.2) is 0 Å². The van der Waals surface area contributed by atoms with E-state index in [9.17, 15) is 0 Å². The third-order valence-electron chi connectivity index (χ3n) is 0. The van der Waals surface area contributed by atoms with Crippen molar-refractivity contribution in [3.8, 4) is 0 Å². The van der Waals surface area contributed by atoms with E-state index in [0.29, 0.717) is 0 Å². The third-order valence-corrected chi connectivity index (χ3v) is 0. The van der Waals surface area contributed by atoms with E-state index in [1.54, 1.807) is 0 Å². The molecule has 0 aliphatic rings. The zero-order chi connectivity index (χ0) is 0. The predicted octanol–water partition coefficient (Wildman–Crippen LogP) is -7.12. The summed E-state index contributed by atoms with van der Waals surface area (Å²) in [6.45, 7) is 0. The second-order valence-electron chi connectivity index (χ2n) is 0. The normalized spacial score (nSPS) is 0. The van der Waals surface area contributed by atoms with Gasteiger partial charge in [-0.1, -0.05) is 0 Å². The van der Waals surface area contributed by atoms with Gasteiger partial charge in [0, 0.05) is 0 Å². The summed E-state index contributed by atoms with van der Waals surface area (Å²) < 4.78 is 0. The Kier molecular flexibility index (Phi) is 645. The summed E-state index contributed by atoms with van der Waals surface area (Å²) in [5.41, 5.74) is 0. The summed E-state index contributed by atoms with van der Waals surface area (Å²) in [7, 11) is 0. The van der Waals surface area contributed by atoms with Crippen LogP contribution in [0.1, 0.15) is 9.99 Å². The molecule has 0 bridgehead atoms. The molecule has 0 aromatic carbocycles. The maximum absolute atomic E-state index is 0. The second-order valence-corrected chi connectivity index (χ2v) is 0. The van der Waals surface area contributed by atoms with Gasteiger partial charge in [0.15, 0.2) is 0 Å². The van der Waals surface area contributed by atoms with E-state index >= 15 is 0 Å². The first-order valence-corrected chi connectivity index (χ1v) is 0. The van der Waals surface area contributed by atoms with Gasteiger partial charge >= 0.3 is 182 Å². The van der Waals surface area contributed by atoms with E-state index < -0.39 is 0 Å². The van der Waals surface area contributed by atoms with Crippen LogP contribution in [0.2, 0.25) is 0 Å². The van der Waals surface area contributed by atoms with Crippen LogP contribution in [-0.2, 0) is 0 Å². The fraction of sp³-hybridized carbons (Fsp3) is 0. The van der Waals surface area contributed by atoms with E-state index in [4.69, 9.17) is 0 Å². The van der Waals surface area contributed by atoms with Gasteiger partial charge in [-0.3, -0.25) is 4.70 Å².